The van der Waals surface area contributed by atoms with Gasteiger partial charge in [0.15, 0.2) is 0 Å². The SMILES string of the molecule is Cc1ccc(S(=O)(=O)OS2(c3ccc(O)cc3)CCCC2)cc1. The topological polar surface area (TPSA) is 63.6 Å². The van der Waals surface area contributed by atoms with E-state index in [1.54, 1.807) is 48.5 Å². The molecule has 2 aromatic rings. The maximum absolute atomic E-state index is 12.7. The summed E-state index contributed by atoms with van der Waals surface area (Å²) in [6.45, 7) is 1.91. The van der Waals surface area contributed by atoms with Crippen LogP contribution in [0.15, 0.2) is 58.3 Å². The quantitative estimate of drug-likeness (QED) is 0.904. The summed E-state index contributed by atoms with van der Waals surface area (Å²) in [6, 6.07) is 13.4. The molecule has 2 aromatic carbocycles. The van der Waals surface area contributed by atoms with E-state index >= 15 is 0 Å². The Balaban J connectivity index is 1.96. The zero-order valence-electron chi connectivity index (χ0n) is 12.9. The molecule has 0 amide bonds. The highest BCUT2D eigenvalue weighted by Crippen LogP contribution is 2.63. The molecule has 1 N–H and O–H groups in total. The number of aryl methyl sites for hydroxylation is 1. The first-order chi connectivity index (χ1) is 10.9. The van der Waals surface area contributed by atoms with Crippen LogP contribution in [-0.2, 0) is 13.7 Å². The van der Waals surface area contributed by atoms with Gasteiger partial charge in [-0.2, -0.15) is 8.42 Å². The summed E-state index contributed by atoms with van der Waals surface area (Å²) in [7, 11) is -5.67. The molecule has 23 heavy (non-hydrogen) atoms. The van der Waals surface area contributed by atoms with Crippen LogP contribution >= 0.6 is 10.3 Å². The predicted octanol–water partition coefficient (Wildman–Crippen LogP) is 3.98. The first-order valence-electron chi connectivity index (χ1n) is 7.52. The van der Waals surface area contributed by atoms with Crippen molar-refractivity contribution in [3.05, 3.63) is 54.1 Å². The van der Waals surface area contributed by atoms with E-state index in [0.29, 0.717) is 0 Å². The van der Waals surface area contributed by atoms with Crippen molar-refractivity contribution in [2.45, 2.75) is 29.6 Å². The van der Waals surface area contributed by atoms with Crippen LogP contribution in [0.1, 0.15) is 18.4 Å². The molecule has 1 saturated heterocycles. The lowest BCUT2D eigenvalue weighted by Gasteiger charge is -2.34. The van der Waals surface area contributed by atoms with Gasteiger partial charge in [-0.15, -0.1) is 0 Å². The second-order valence-electron chi connectivity index (χ2n) is 5.76. The van der Waals surface area contributed by atoms with Crippen LogP contribution in [0.2, 0.25) is 0 Å². The molecule has 0 bridgehead atoms. The number of hydrogen-bond acceptors (Lipinski definition) is 4. The van der Waals surface area contributed by atoms with E-state index in [0.717, 1.165) is 34.8 Å². The molecular weight excluding hydrogens is 332 g/mol. The van der Waals surface area contributed by atoms with Crippen LogP contribution in [0.5, 0.6) is 5.75 Å². The van der Waals surface area contributed by atoms with Gasteiger partial charge in [-0.1, -0.05) is 28.0 Å². The Morgan fingerprint density at radius 1 is 0.957 bits per heavy atom. The minimum Gasteiger partial charge on any atom is -0.508 e. The Hall–Kier alpha value is -1.50. The van der Waals surface area contributed by atoms with Crippen LogP contribution in [0.25, 0.3) is 0 Å². The fourth-order valence-electron chi connectivity index (χ4n) is 2.73. The van der Waals surface area contributed by atoms with Gasteiger partial charge < -0.3 is 5.11 Å². The third-order valence-corrected chi connectivity index (χ3v) is 9.63. The normalized spacial score (nSPS) is 18.7. The van der Waals surface area contributed by atoms with Gasteiger partial charge in [-0.05, 0) is 56.2 Å². The Bertz CT molecular complexity index is 774. The third kappa shape index (κ3) is 3.39. The lowest BCUT2D eigenvalue weighted by atomic mass is 10.2. The standard InChI is InChI=1S/C17H20O4S2/c1-14-4-8-17(9-5-14)23(19,20)21-22(12-2-3-13-22)16-10-6-15(18)7-11-16/h4-11,18H,2-3,12-13H2,1H3. The zero-order chi connectivity index (χ0) is 16.5. The number of rotatable bonds is 4. The molecule has 0 saturated carbocycles. The van der Waals surface area contributed by atoms with Crippen molar-refractivity contribution < 1.29 is 17.2 Å². The third-order valence-electron chi connectivity index (χ3n) is 3.99. The van der Waals surface area contributed by atoms with E-state index in [1.165, 1.54) is 0 Å². The Morgan fingerprint density at radius 2 is 1.52 bits per heavy atom. The average Bonchev–Trinajstić information content (AvgIpc) is 2.97. The molecule has 0 radical (unpaired) electrons. The van der Waals surface area contributed by atoms with Crippen LogP contribution in [0.3, 0.4) is 0 Å². The zero-order valence-corrected chi connectivity index (χ0v) is 14.6. The molecule has 0 spiro atoms. The molecule has 1 aliphatic rings. The highest BCUT2D eigenvalue weighted by molar-refractivity contribution is 8.33. The second kappa shape index (κ2) is 6.19. The molecule has 1 aliphatic heterocycles. The molecule has 3 rings (SSSR count). The van der Waals surface area contributed by atoms with E-state index in [4.69, 9.17) is 3.63 Å². The van der Waals surface area contributed by atoms with Gasteiger partial charge in [-0.3, -0.25) is 0 Å². The maximum atomic E-state index is 12.7. The Kier molecular flexibility index (Phi) is 4.40. The van der Waals surface area contributed by atoms with Crippen molar-refractivity contribution in [2.75, 3.05) is 11.5 Å². The second-order valence-corrected chi connectivity index (χ2v) is 10.6. The molecular formula is C17H20O4S2. The van der Waals surface area contributed by atoms with E-state index in [-0.39, 0.29) is 10.6 Å². The molecule has 1 heterocycles. The van der Waals surface area contributed by atoms with Crippen molar-refractivity contribution in [3.63, 3.8) is 0 Å². The van der Waals surface area contributed by atoms with Gasteiger partial charge in [0, 0.05) is 16.4 Å². The summed E-state index contributed by atoms with van der Waals surface area (Å²) in [4.78, 5) is 1.07. The Labute approximate surface area is 138 Å². The summed E-state index contributed by atoms with van der Waals surface area (Å²) in [5.74, 6) is 1.65. The molecule has 1 fully saturated rings. The van der Waals surface area contributed by atoms with E-state index in [1.807, 2.05) is 6.92 Å². The first kappa shape index (κ1) is 16.4. The van der Waals surface area contributed by atoms with E-state index < -0.39 is 20.4 Å². The van der Waals surface area contributed by atoms with Gasteiger partial charge in [0.05, 0.1) is 4.90 Å². The van der Waals surface area contributed by atoms with E-state index in [2.05, 4.69) is 0 Å². The first-order valence-corrected chi connectivity index (χ1v) is 10.8. The van der Waals surface area contributed by atoms with Crippen LogP contribution in [0, 0.1) is 6.92 Å². The smallest absolute Gasteiger partial charge is 0.306 e. The summed E-state index contributed by atoms with van der Waals surface area (Å²) in [5, 5.41) is 9.47. The number of phenols is 1. The van der Waals surface area contributed by atoms with Crippen LogP contribution in [0.4, 0.5) is 0 Å². The van der Waals surface area contributed by atoms with Gasteiger partial charge in [0.25, 0.3) is 0 Å². The lowest BCUT2D eigenvalue weighted by Crippen LogP contribution is -2.14. The van der Waals surface area contributed by atoms with Gasteiger partial charge in [0.1, 0.15) is 5.75 Å². The van der Waals surface area contributed by atoms with Crippen LogP contribution < -0.4 is 0 Å². The van der Waals surface area contributed by atoms with Crippen molar-refractivity contribution in [3.8, 4) is 5.75 Å². The molecule has 0 atom stereocenters. The van der Waals surface area contributed by atoms with E-state index in [9.17, 15) is 13.5 Å². The van der Waals surface area contributed by atoms with Crippen molar-refractivity contribution in [1.82, 2.24) is 0 Å². The maximum Gasteiger partial charge on any atom is 0.306 e. The molecule has 0 aliphatic carbocycles. The average molecular weight is 352 g/mol. The largest absolute Gasteiger partial charge is 0.508 e. The van der Waals surface area contributed by atoms with Crippen LogP contribution in [-0.4, -0.2) is 25.0 Å². The van der Waals surface area contributed by atoms with Crippen molar-refractivity contribution in [2.24, 2.45) is 0 Å². The minimum atomic E-state index is -3.80. The molecule has 124 valence electrons. The summed E-state index contributed by atoms with van der Waals surface area (Å²) in [6.07, 6.45) is 1.92. The molecule has 0 unspecified atom stereocenters. The Morgan fingerprint density at radius 3 is 2.09 bits per heavy atom. The van der Waals surface area contributed by atoms with Gasteiger partial charge >= 0.3 is 10.1 Å². The van der Waals surface area contributed by atoms with Crippen molar-refractivity contribution >= 4 is 20.4 Å². The minimum absolute atomic E-state index is 0.169. The highest BCUT2D eigenvalue weighted by atomic mass is 32.3. The fraction of sp³-hybridized carbons (Fsp3) is 0.294. The molecule has 4 nitrogen and oxygen atoms in total. The van der Waals surface area contributed by atoms with Gasteiger partial charge in [0.2, 0.25) is 0 Å². The summed E-state index contributed by atoms with van der Waals surface area (Å²) >= 11 is 0. The summed E-state index contributed by atoms with van der Waals surface area (Å²) in [5.41, 5.74) is 1.01. The summed E-state index contributed by atoms with van der Waals surface area (Å²) < 4.78 is 31.2. The highest BCUT2D eigenvalue weighted by Gasteiger charge is 2.37. The predicted molar refractivity (Wildman–Crippen MR) is 92.4 cm³/mol. The fourth-order valence-corrected chi connectivity index (χ4v) is 8.39. The number of phenolic OH excluding ortho intramolecular Hbond substituents is 1. The molecule has 0 aromatic heterocycles. The number of benzene rings is 2. The number of aromatic hydroxyl groups is 1. The van der Waals surface area contributed by atoms with Gasteiger partial charge in [-0.25, -0.2) is 3.63 Å². The molecule has 6 heteroatoms. The monoisotopic (exact) mass is 352 g/mol. The van der Waals surface area contributed by atoms with Crippen molar-refractivity contribution in [1.29, 1.82) is 0 Å². The number of hydrogen-bond donors (Lipinski definition) is 1. The lowest BCUT2D eigenvalue weighted by molar-refractivity contribution is 0.475.